The molecule has 0 fully saturated rings. The van der Waals surface area contributed by atoms with Crippen LogP contribution in [0.1, 0.15) is 0 Å². The minimum absolute atomic E-state index is 1.08. The average Bonchev–Trinajstić information content (AvgIpc) is 3.44. The molecule has 0 unspecified atom stereocenters. The van der Waals surface area contributed by atoms with Crippen LogP contribution in [0.2, 0.25) is 0 Å². The number of nitrogens with zero attached hydrogens (tertiary/aromatic N) is 2. The van der Waals surface area contributed by atoms with Crippen molar-refractivity contribution in [2.45, 2.75) is 0 Å². The molecule has 0 heterocycles. The van der Waals surface area contributed by atoms with Gasteiger partial charge in [-0.3, -0.25) is 0 Å². The first-order chi connectivity index (χ1) is 34.7. The molecule has 0 N–H and O–H groups in total. The largest absolute Gasteiger partial charge is 0.310 e. The highest BCUT2D eigenvalue weighted by atomic mass is 15.1. The maximum atomic E-state index is 2.42. The van der Waals surface area contributed by atoms with Gasteiger partial charge in [-0.1, -0.05) is 218 Å². The second-order valence-corrected chi connectivity index (χ2v) is 17.8. The number of benzene rings is 12. The summed E-state index contributed by atoms with van der Waals surface area (Å²) in [5.41, 5.74) is 18.4. The molecule has 0 atom stereocenters. The molecule has 12 aromatic rings. The van der Waals surface area contributed by atoms with Gasteiger partial charge in [-0.2, -0.15) is 0 Å². The van der Waals surface area contributed by atoms with Crippen molar-refractivity contribution in [2.75, 3.05) is 9.80 Å². The zero-order valence-electron chi connectivity index (χ0n) is 38.6. The van der Waals surface area contributed by atoms with Crippen molar-refractivity contribution in [1.29, 1.82) is 0 Å². The zero-order valence-corrected chi connectivity index (χ0v) is 38.6. The fourth-order valence-corrected chi connectivity index (χ4v) is 9.91. The van der Waals surface area contributed by atoms with Crippen LogP contribution in [-0.2, 0) is 0 Å². The Hall–Kier alpha value is -9.24. The third-order valence-electron chi connectivity index (χ3n) is 13.4. The molecule has 2 nitrogen and oxygen atoms in total. The Morgan fingerprint density at radius 3 is 0.886 bits per heavy atom. The van der Waals surface area contributed by atoms with Crippen LogP contribution in [0.25, 0.3) is 77.2 Å². The molecule has 12 rings (SSSR count). The lowest BCUT2D eigenvalue weighted by atomic mass is 9.96. The molecular weight excluding hydrogens is 845 g/mol. The second-order valence-electron chi connectivity index (χ2n) is 17.8. The van der Waals surface area contributed by atoms with E-state index in [4.69, 9.17) is 0 Å². The van der Waals surface area contributed by atoms with Crippen molar-refractivity contribution >= 4 is 55.7 Å². The summed E-state index contributed by atoms with van der Waals surface area (Å²) >= 11 is 0. The van der Waals surface area contributed by atoms with Gasteiger partial charge in [-0.05, 0) is 139 Å². The van der Waals surface area contributed by atoms with E-state index < -0.39 is 0 Å². The summed E-state index contributed by atoms with van der Waals surface area (Å²) in [5.74, 6) is 0. The SMILES string of the molecule is c1ccc(-c2cccc(-c3ccc(N(c4ccc(-c5ccc(N(c6cc(-c7ccccc7)cc(-c7ccccc7)c6)c6cccc7ccccc67)cc5)cc4)c4cccc5ccccc45)cc3)c2)cc1. The van der Waals surface area contributed by atoms with E-state index in [0.29, 0.717) is 0 Å². The van der Waals surface area contributed by atoms with Crippen LogP contribution in [0.15, 0.2) is 291 Å². The molecular formula is C68H48N2. The maximum Gasteiger partial charge on any atom is 0.0540 e. The lowest BCUT2D eigenvalue weighted by molar-refractivity contribution is 1.29. The standard InChI is InChI=1S/C68H48N2/c1-4-17-49(18-5-1)57-27-14-28-58(45-57)54-37-43-62(44-38-54)69(67-31-15-25-55-23-10-12-29-65(55)67)61-39-33-52(34-40-61)53-35-41-63(42-36-53)70(68-32-16-26-56-24-11-13-30-66(56)68)64-47-59(50-19-6-2-7-20-50)46-60(48-64)51-21-8-3-9-22-51/h1-48H. The Morgan fingerprint density at radius 1 is 0.171 bits per heavy atom. The molecule has 0 aliphatic carbocycles. The van der Waals surface area contributed by atoms with Gasteiger partial charge >= 0.3 is 0 Å². The Balaban J connectivity index is 0.916. The van der Waals surface area contributed by atoms with Crippen LogP contribution >= 0.6 is 0 Å². The molecule has 12 aromatic carbocycles. The van der Waals surface area contributed by atoms with Crippen molar-refractivity contribution in [3.05, 3.63) is 291 Å². The predicted octanol–water partition coefficient (Wildman–Crippen LogP) is 19.3. The maximum absolute atomic E-state index is 2.42. The number of fused-ring (bicyclic) bond motifs is 2. The minimum atomic E-state index is 1.08. The minimum Gasteiger partial charge on any atom is -0.310 e. The van der Waals surface area contributed by atoms with E-state index in [9.17, 15) is 0 Å². The highest BCUT2D eigenvalue weighted by Gasteiger charge is 2.20. The van der Waals surface area contributed by atoms with E-state index in [1.807, 2.05) is 0 Å². The van der Waals surface area contributed by atoms with Crippen LogP contribution in [0.4, 0.5) is 34.1 Å². The Kier molecular flexibility index (Phi) is 11.3. The van der Waals surface area contributed by atoms with E-state index >= 15 is 0 Å². The van der Waals surface area contributed by atoms with Gasteiger partial charge < -0.3 is 9.80 Å². The molecule has 0 spiro atoms. The van der Waals surface area contributed by atoms with Crippen molar-refractivity contribution in [3.8, 4) is 55.6 Å². The van der Waals surface area contributed by atoms with Crippen LogP contribution < -0.4 is 9.80 Å². The molecule has 0 aromatic heterocycles. The fraction of sp³-hybridized carbons (Fsp3) is 0. The molecule has 330 valence electrons. The normalized spacial score (nSPS) is 11.1. The molecule has 0 saturated heterocycles. The van der Waals surface area contributed by atoms with Gasteiger partial charge in [-0.25, -0.2) is 0 Å². The van der Waals surface area contributed by atoms with Gasteiger partial charge in [-0.15, -0.1) is 0 Å². The van der Waals surface area contributed by atoms with E-state index in [1.54, 1.807) is 0 Å². The van der Waals surface area contributed by atoms with Crippen LogP contribution in [0.5, 0.6) is 0 Å². The first kappa shape index (κ1) is 42.1. The molecule has 0 bridgehead atoms. The summed E-state index contributed by atoms with van der Waals surface area (Å²) < 4.78 is 0. The van der Waals surface area contributed by atoms with Gasteiger partial charge in [0.25, 0.3) is 0 Å². The monoisotopic (exact) mass is 892 g/mol. The van der Waals surface area contributed by atoms with Crippen LogP contribution in [-0.4, -0.2) is 0 Å². The quantitative estimate of drug-likeness (QED) is 0.128. The summed E-state index contributed by atoms with van der Waals surface area (Å²) in [7, 11) is 0. The van der Waals surface area contributed by atoms with E-state index in [-0.39, 0.29) is 0 Å². The zero-order chi connectivity index (χ0) is 46.6. The number of hydrogen-bond donors (Lipinski definition) is 0. The first-order valence-corrected chi connectivity index (χ1v) is 24.0. The van der Waals surface area contributed by atoms with Crippen LogP contribution in [0.3, 0.4) is 0 Å². The van der Waals surface area contributed by atoms with Gasteiger partial charge in [0.15, 0.2) is 0 Å². The molecule has 0 aliphatic heterocycles. The fourth-order valence-electron chi connectivity index (χ4n) is 9.91. The molecule has 0 saturated carbocycles. The third-order valence-corrected chi connectivity index (χ3v) is 13.4. The number of anilines is 6. The third kappa shape index (κ3) is 8.40. The number of hydrogen-bond acceptors (Lipinski definition) is 2. The molecule has 0 radical (unpaired) electrons. The molecule has 0 aliphatic rings. The lowest BCUT2D eigenvalue weighted by Gasteiger charge is -2.28. The van der Waals surface area contributed by atoms with Crippen molar-refractivity contribution in [3.63, 3.8) is 0 Å². The smallest absolute Gasteiger partial charge is 0.0540 e. The van der Waals surface area contributed by atoms with Crippen molar-refractivity contribution in [2.24, 2.45) is 0 Å². The summed E-state index contributed by atoms with van der Waals surface area (Å²) in [6.07, 6.45) is 0. The van der Waals surface area contributed by atoms with E-state index in [1.165, 1.54) is 66.1 Å². The summed E-state index contributed by atoms with van der Waals surface area (Å²) in [4.78, 5) is 4.80. The van der Waals surface area contributed by atoms with E-state index in [0.717, 1.165) is 45.3 Å². The first-order valence-electron chi connectivity index (χ1n) is 24.0. The van der Waals surface area contributed by atoms with Gasteiger partial charge in [0.1, 0.15) is 0 Å². The van der Waals surface area contributed by atoms with Crippen molar-refractivity contribution in [1.82, 2.24) is 0 Å². The van der Waals surface area contributed by atoms with Crippen molar-refractivity contribution < 1.29 is 0 Å². The van der Waals surface area contributed by atoms with Gasteiger partial charge in [0.2, 0.25) is 0 Å². The van der Waals surface area contributed by atoms with E-state index in [2.05, 4.69) is 301 Å². The molecule has 0 amide bonds. The predicted molar refractivity (Wildman–Crippen MR) is 298 cm³/mol. The Bertz CT molecular complexity index is 3670. The number of rotatable bonds is 11. The Labute approximate surface area is 410 Å². The molecule has 70 heavy (non-hydrogen) atoms. The highest BCUT2D eigenvalue weighted by molar-refractivity contribution is 6.01. The topological polar surface area (TPSA) is 6.48 Å². The summed E-state index contributed by atoms with van der Waals surface area (Å²) in [6, 6.07) is 105. The molecule has 2 heteroatoms. The highest BCUT2D eigenvalue weighted by Crippen LogP contribution is 2.44. The Morgan fingerprint density at radius 2 is 0.457 bits per heavy atom. The average molecular weight is 893 g/mol. The van der Waals surface area contributed by atoms with Gasteiger partial charge in [0.05, 0.1) is 11.4 Å². The summed E-state index contributed by atoms with van der Waals surface area (Å²) in [6.45, 7) is 0. The summed E-state index contributed by atoms with van der Waals surface area (Å²) in [5, 5.41) is 4.80. The second kappa shape index (κ2) is 18.8. The van der Waals surface area contributed by atoms with Crippen LogP contribution in [0, 0.1) is 0 Å². The lowest BCUT2D eigenvalue weighted by Crippen LogP contribution is -2.11. The van der Waals surface area contributed by atoms with Gasteiger partial charge in [0, 0.05) is 33.5 Å².